The topological polar surface area (TPSA) is 59.0 Å². The average molecular weight is 274 g/mol. The van der Waals surface area contributed by atoms with Crippen LogP contribution in [-0.4, -0.2) is 28.7 Å². The number of carbonyl (C=O) groups is 1. The predicted molar refractivity (Wildman–Crippen MR) is 80.8 cm³/mol. The Morgan fingerprint density at radius 3 is 2.85 bits per heavy atom. The second kappa shape index (κ2) is 6.93. The zero-order chi connectivity index (χ0) is 14.4. The van der Waals surface area contributed by atoms with Crippen LogP contribution < -0.4 is 10.6 Å². The third-order valence-electron chi connectivity index (χ3n) is 3.27. The number of carbonyl (C=O) groups excluding carboxylic acids is 1. The molecule has 0 fully saturated rings. The van der Waals surface area contributed by atoms with Crippen molar-refractivity contribution in [1.29, 1.82) is 0 Å². The minimum atomic E-state index is -0.0933. The van der Waals surface area contributed by atoms with Crippen LogP contribution in [0.15, 0.2) is 24.5 Å². The average Bonchev–Trinajstić information content (AvgIpc) is 2.83. The van der Waals surface area contributed by atoms with Crippen LogP contribution >= 0.6 is 0 Å². The van der Waals surface area contributed by atoms with Crippen molar-refractivity contribution < 1.29 is 4.79 Å². The highest BCUT2D eigenvalue weighted by Crippen LogP contribution is 2.19. The van der Waals surface area contributed by atoms with Gasteiger partial charge in [-0.1, -0.05) is 6.92 Å². The van der Waals surface area contributed by atoms with E-state index in [2.05, 4.69) is 39.4 Å². The van der Waals surface area contributed by atoms with Crippen molar-refractivity contribution in [2.75, 3.05) is 13.1 Å². The molecule has 0 atom stereocenters. The first kappa shape index (κ1) is 14.4. The summed E-state index contributed by atoms with van der Waals surface area (Å²) in [5.41, 5.74) is 2.24. The van der Waals surface area contributed by atoms with Crippen molar-refractivity contribution in [2.24, 2.45) is 0 Å². The third-order valence-corrected chi connectivity index (χ3v) is 3.27. The van der Waals surface area contributed by atoms with Crippen molar-refractivity contribution in [3.8, 4) is 0 Å². The van der Waals surface area contributed by atoms with Gasteiger partial charge in [-0.05, 0) is 37.5 Å². The summed E-state index contributed by atoms with van der Waals surface area (Å²) in [7, 11) is 0. The molecule has 0 aliphatic rings. The summed E-state index contributed by atoms with van der Waals surface area (Å²) >= 11 is 0. The second-order valence-electron chi connectivity index (χ2n) is 4.75. The molecule has 0 spiro atoms. The lowest BCUT2D eigenvalue weighted by molar-refractivity contribution is 0.241. The molecule has 2 amide bonds. The number of aryl methyl sites for hydroxylation is 1. The fourth-order valence-corrected chi connectivity index (χ4v) is 2.25. The summed E-state index contributed by atoms with van der Waals surface area (Å²) in [6.45, 7) is 6.39. The van der Waals surface area contributed by atoms with Crippen molar-refractivity contribution in [3.63, 3.8) is 0 Å². The zero-order valence-corrected chi connectivity index (χ0v) is 12.1. The van der Waals surface area contributed by atoms with E-state index in [1.54, 1.807) is 0 Å². The van der Waals surface area contributed by atoms with Crippen LogP contribution in [0.25, 0.3) is 11.0 Å². The van der Waals surface area contributed by atoms with Crippen LogP contribution in [0.5, 0.6) is 0 Å². The van der Waals surface area contributed by atoms with Gasteiger partial charge in [-0.2, -0.15) is 0 Å². The minimum absolute atomic E-state index is 0.0933. The number of urea groups is 1. The fourth-order valence-electron chi connectivity index (χ4n) is 2.25. The molecule has 0 aromatic carbocycles. The Balaban J connectivity index is 1.98. The monoisotopic (exact) mass is 274 g/mol. The summed E-state index contributed by atoms with van der Waals surface area (Å²) in [5.74, 6) is 0. The number of hydrogen-bond acceptors (Lipinski definition) is 2. The van der Waals surface area contributed by atoms with E-state index >= 15 is 0 Å². The molecule has 2 heterocycles. The number of hydrogen-bond donors (Lipinski definition) is 2. The van der Waals surface area contributed by atoms with E-state index < -0.39 is 0 Å². The molecule has 0 bridgehead atoms. The molecule has 2 aromatic rings. The Hall–Kier alpha value is -2.04. The first-order valence-corrected chi connectivity index (χ1v) is 7.20. The van der Waals surface area contributed by atoms with Gasteiger partial charge in [0.15, 0.2) is 0 Å². The number of nitrogens with zero attached hydrogens (tertiary/aromatic N) is 2. The molecule has 0 aliphatic heterocycles. The van der Waals surface area contributed by atoms with E-state index in [0.29, 0.717) is 13.1 Å². The van der Waals surface area contributed by atoms with E-state index in [0.717, 1.165) is 25.0 Å². The molecule has 0 radical (unpaired) electrons. The molecule has 2 rings (SSSR count). The van der Waals surface area contributed by atoms with Gasteiger partial charge in [0.05, 0.1) is 0 Å². The van der Waals surface area contributed by atoms with E-state index in [1.165, 1.54) is 10.9 Å². The van der Waals surface area contributed by atoms with Gasteiger partial charge in [0.25, 0.3) is 0 Å². The molecule has 2 N–H and O–H groups in total. The molecule has 2 aromatic heterocycles. The molecule has 0 aliphatic carbocycles. The highest BCUT2D eigenvalue weighted by Gasteiger charge is 2.08. The summed E-state index contributed by atoms with van der Waals surface area (Å²) in [6, 6.07) is 3.94. The lowest BCUT2D eigenvalue weighted by Crippen LogP contribution is -2.36. The Kier molecular flexibility index (Phi) is 4.98. The molecule has 0 saturated heterocycles. The molecule has 5 heteroatoms. The Bertz CT molecular complexity index is 576. The van der Waals surface area contributed by atoms with Gasteiger partial charge in [-0.25, -0.2) is 9.78 Å². The van der Waals surface area contributed by atoms with E-state index in [-0.39, 0.29) is 6.03 Å². The number of amides is 2. The van der Waals surface area contributed by atoms with Crippen molar-refractivity contribution >= 4 is 17.1 Å². The predicted octanol–water partition coefficient (Wildman–Crippen LogP) is 2.31. The van der Waals surface area contributed by atoms with Gasteiger partial charge in [0.1, 0.15) is 5.65 Å². The number of fused-ring (bicyclic) bond motifs is 1. The van der Waals surface area contributed by atoms with E-state index in [9.17, 15) is 4.79 Å². The van der Waals surface area contributed by atoms with Gasteiger partial charge in [0, 0.05) is 37.4 Å². The number of rotatable bonds is 6. The Labute approximate surface area is 119 Å². The van der Waals surface area contributed by atoms with E-state index in [4.69, 9.17) is 0 Å². The molecule has 0 saturated carbocycles. The molecular weight excluding hydrogens is 252 g/mol. The maximum atomic E-state index is 11.5. The van der Waals surface area contributed by atoms with Crippen LogP contribution in [0.3, 0.4) is 0 Å². The van der Waals surface area contributed by atoms with Gasteiger partial charge in [-0.3, -0.25) is 0 Å². The first-order valence-electron chi connectivity index (χ1n) is 7.20. The standard InChI is InChI=1S/C15H22N4O/c1-3-8-17-15(20)18-10-7-12-11-19(4-2)14-13(12)6-5-9-16-14/h5-6,9,11H,3-4,7-8,10H2,1-2H3,(H2,17,18,20). The van der Waals surface area contributed by atoms with Crippen LogP contribution in [0, 0.1) is 0 Å². The molecular formula is C15H22N4O. The molecule has 0 unspecified atom stereocenters. The highest BCUT2D eigenvalue weighted by molar-refractivity contribution is 5.80. The maximum Gasteiger partial charge on any atom is 0.314 e. The maximum absolute atomic E-state index is 11.5. The Morgan fingerprint density at radius 2 is 2.10 bits per heavy atom. The quantitative estimate of drug-likeness (QED) is 0.849. The van der Waals surface area contributed by atoms with Crippen LogP contribution in [0.2, 0.25) is 0 Å². The summed E-state index contributed by atoms with van der Waals surface area (Å²) in [5, 5.41) is 6.85. The van der Waals surface area contributed by atoms with Crippen molar-refractivity contribution in [3.05, 3.63) is 30.1 Å². The summed E-state index contributed by atoms with van der Waals surface area (Å²) in [4.78, 5) is 15.9. The van der Waals surface area contributed by atoms with Gasteiger partial charge < -0.3 is 15.2 Å². The SMILES string of the molecule is CCCNC(=O)NCCc1cn(CC)c2ncccc12. The molecule has 20 heavy (non-hydrogen) atoms. The summed E-state index contributed by atoms with van der Waals surface area (Å²) in [6.07, 6.45) is 5.70. The fraction of sp³-hybridized carbons (Fsp3) is 0.467. The van der Waals surface area contributed by atoms with E-state index in [1.807, 2.05) is 19.2 Å². The number of nitrogens with one attached hydrogen (secondary N) is 2. The smallest absolute Gasteiger partial charge is 0.314 e. The normalized spacial score (nSPS) is 10.7. The first-order chi connectivity index (χ1) is 9.76. The lowest BCUT2D eigenvalue weighted by atomic mass is 10.1. The van der Waals surface area contributed by atoms with Crippen molar-refractivity contribution in [1.82, 2.24) is 20.2 Å². The number of aromatic nitrogens is 2. The van der Waals surface area contributed by atoms with Crippen LogP contribution in [0.1, 0.15) is 25.8 Å². The van der Waals surface area contributed by atoms with Crippen LogP contribution in [0.4, 0.5) is 4.79 Å². The molecule has 5 nitrogen and oxygen atoms in total. The minimum Gasteiger partial charge on any atom is -0.338 e. The van der Waals surface area contributed by atoms with Gasteiger partial charge in [-0.15, -0.1) is 0 Å². The van der Waals surface area contributed by atoms with Crippen molar-refractivity contribution in [2.45, 2.75) is 33.2 Å². The largest absolute Gasteiger partial charge is 0.338 e. The van der Waals surface area contributed by atoms with Crippen LogP contribution in [-0.2, 0) is 13.0 Å². The zero-order valence-electron chi connectivity index (χ0n) is 12.1. The lowest BCUT2D eigenvalue weighted by Gasteiger charge is -2.05. The molecule has 108 valence electrons. The second-order valence-corrected chi connectivity index (χ2v) is 4.75. The number of pyridine rings is 1. The third kappa shape index (κ3) is 3.29. The van der Waals surface area contributed by atoms with Gasteiger partial charge in [0.2, 0.25) is 0 Å². The van der Waals surface area contributed by atoms with Gasteiger partial charge >= 0.3 is 6.03 Å². The Morgan fingerprint density at radius 1 is 1.30 bits per heavy atom. The summed E-state index contributed by atoms with van der Waals surface area (Å²) < 4.78 is 2.14. The highest BCUT2D eigenvalue weighted by atomic mass is 16.2.